The summed E-state index contributed by atoms with van der Waals surface area (Å²) in [5.74, 6) is -3.35. The Hall–Kier alpha value is -3.75. The van der Waals surface area contributed by atoms with Gasteiger partial charge in [-0.25, -0.2) is 18.2 Å². The number of hydrogen-bond acceptors (Lipinski definition) is 5. The third kappa shape index (κ3) is 3.41. The number of anilines is 3. The summed E-state index contributed by atoms with van der Waals surface area (Å²) in [5, 5.41) is 5.22. The third-order valence-electron chi connectivity index (χ3n) is 3.95. The quantitative estimate of drug-likeness (QED) is 0.656. The molecule has 3 aromatic rings. The number of fused-ring (bicyclic) bond motifs is 1. The molecule has 142 valence electrons. The summed E-state index contributed by atoms with van der Waals surface area (Å²) >= 11 is 0. The van der Waals surface area contributed by atoms with Crippen molar-refractivity contribution in [2.75, 3.05) is 17.4 Å². The first-order valence-corrected chi connectivity index (χ1v) is 8.09. The zero-order valence-electron chi connectivity index (χ0n) is 14.1. The number of rotatable bonds is 4. The van der Waals surface area contributed by atoms with Gasteiger partial charge < -0.3 is 20.1 Å². The molecule has 0 unspecified atom stereocenters. The number of pyridine rings is 1. The molecule has 28 heavy (non-hydrogen) atoms. The highest BCUT2D eigenvalue weighted by molar-refractivity contribution is 6.04. The maximum atomic E-state index is 13.7. The molecule has 2 aromatic carbocycles. The van der Waals surface area contributed by atoms with Crippen LogP contribution in [0.25, 0.3) is 0 Å². The molecule has 2 heterocycles. The predicted molar refractivity (Wildman–Crippen MR) is 94.4 cm³/mol. The molecule has 1 aromatic heterocycles. The van der Waals surface area contributed by atoms with E-state index in [4.69, 9.17) is 9.47 Å². The number of carbonyl (C=O) groups is 1. The number of benzene rings is 2. The largest absolute Gasteiger partial charge is 0.454 e. The lowest BCUT2D eigenvalue weighted by molar-refractivity contribution is 0.102. The minimum atomic E-state index is -1.58. The van der Waals surface area contributed by atoms with E-state index in [1.165, 1.54) is 18.3 Å². The molecule has 2 N–H and O–H groups in total. The number of halogens is 3. The molecule has 4 rings (SSSR count). The summed E-state index contributed by atoms with van der Waals surface area (Å²) in [5.41, 5.74) is 0.484. The van der Waals surface area contributed by atoms with E-state index >= 15 is 0 Å². The van der Waals surface area contributed by atoms with E-state index in [0.717, 1.165) is 12.1 Å². The van der Waals surface area contributed by atoms with Crippen molar-refractivity contribution in [3.8, 4) is 11.5 Å². The van der Waals surface area contributed by atoms with Gasteiger partial charge in [-0.05, 0) is 36.4 Å². The summed E-state index contributed by atoms with van der Waals surface area (Å²) in [7, 11) is 0. The Morgan fingerprint density at radius 1 is 0.964 bits per heavy atom. The van der Waals surface area contributed by atoms with Crippen LogP contribution in [0.1, 0.15) is 10.4 Å². The van der Waals surface area contributed by atoms with Gasteiger partial charge in [0.1, 0.15) is 5.82 Å². The van der Waals surface area contributed by atoms with Gasteiger partial charge in [0, 0.05) is 18.0 Å². The van der Waals surface area contributed by atoms with Crippen LogP contribution in [-0.4, -0.2) is 17.7 Å². The minimum Gasteiger partial charge on any atom is -0.454 e. The predicted octanol–water partition coefficient (Wildman–Crippen LogP) is 4.22. The van der Waals surface area contributed by atoms with E-state index in [0.29, 0.717) is 17.2 Å². The molecule has 0 bridgehead atoms. The summed E-state index contributed by atoms with van der Waals surface area (Å²) in [6.45, 7) is 0.129. The Balaban J connectivity index is 1.45. The fraction of sp³-hybridized carbons (Fsp3) is 0.0526. The molecular formula is C19H12F3N3O3. The van der Waals surface area contributed by atoms with Crippen LogP contribution < -0.4 is 20.1 Å². The molecule has 0 saturated carbocycles. The summed E-state index contributed by atoms with van der Waals surface area (Å²) < 4.78 is 50.4. The smallest absolute Gasteiger partial charge is 0.257 e. The molecule has 0 saturated heterocycles. The highest BCUT2D eigenvalue weighted by Crippen LogP contribution is 2.34. The molecule has 0 aliphatic carbocycles. The Morgan fingerprint density at radius 2 is 1.79 bits per heavy atom. The van der Waals surface area contributed by atoms with E-state index < -0.39 is 23.4 Å². The van der Waals surface area contributed by atoms with Crippen LogP contribution in [0.15, 0.2) is 48.7 Å². The average molecular weight is 387 g/mol. The molecule has 6 nitrogen and oxygen atoms in total. The lowest BCUT2D eigenvalue weighted by atomic mass is 10.2. The van der Waals surface area contributed by atoms with Crippen molar-refractivity contribution in [3.05, 3.63) is 71.7 Å². The topological polar surface area (TPSA) is 72.5 Å². The van der Waals surface area contributed by atoms with Crippen LogP contribution in [0.2, 0.25) is 0 Å². The molecule has 0 radical (unpaired) electrons. The SMILES string of the molecule is O=C(Nc1ccc2c(c1)OCO2)c1ccc(Nc2ccc(F)c(F)c2F)nc1. The van der Waals surface area contributed by atoms with Gasteiger partial charge in [-0.15, -0.1) is 0 Å². The Morgan fingerprint density at radius 3 is 2.57 bits per heavy atom. The highest BCUT2D eigenvalue weighted by Gasteiger charge is 2.16. The molecule has 0 fully saturated rings. The van der Waals surface area contributed by atoms with Crippen LogP contribution >= 0.6 is 0 Å². The summed E-state index contributed by atoms with van der Waals surface area (Å²) in [6, 6.07) is 9.70. The van der Waals surface area contributed by atoms with Gasteiger partial charge >= 0.3 is 0 Å². The maximum absolute atomic E-state index is 13.7. The molecule has 1 aliphatic heterocycles. The molecule has 1 aliphatic rings. The van der Waals surface area contributed by atoms with E-state index in [1.807, 2.05) is 0 Å². The fourth-order valence-corrected chi connectivity index (χ4v) is 2.54. The van der Waals surface area contributed by atoms with Crippen molar-refractivity contribution in [3.63, 3.8) is 0 Å². The molecule has 1 amide bonds. The van der Waals surface area contributed by atoms with Crippen LogP contribution in [0.3, 0.4) is 0 Å². The van der Waals surface area contributed by atoms with Gasteiger partial charge in [-0.1, -0.05) is 0 Å². The molecule has 9 heteroatoms. The van der Waals surface area contributed by atoms with E-state index in [2.05, 4.69) is 15.6 Å². The normalized spacial score (nSPS) is 12.0. The number of amides is 1. The Labute approximate surface area is 156 Å². The Bertz CT molecular complexity index is 1060. The lowest BCUT2D eigenvalue weighted by Gasteiger charge is -2.09. The third-order valence-corrected chi connectivity index (χ3v) is 3.95. The summed E-state index contributed by atoms with van der Waals surface area (Å²) in [6.07, 6.45) is 1.27. The number of nitrogens with one attached hydrogen (secondary N) is 2. The van der Waals surface area contributed by atoms with Crippen LogP contribution in [0.5, 0.6) is 11.5 Å². The number of carbonyl (C=O) groups excluding carboxylic acids is 1. The average Bonchev–Trinajstić information content (AvgIpc) is 3.17. The molecule has 0 atom stereocenters. The second-order valence-corrected chi connectivity index (χ2v) is 5.80. The van der Waals surface area contributed by atoms with Crippen molar-refractivity contribution < 1.29 is 27.4 Å². The van der Waals surface area contributed by atoms with E-state index in [9.17, 15) is 18.0 Å². The van der Waals surface area contributed by atoms with Crippen LogP contribution in [0, 0.1) is 17.5 Å². The van der Waals surface area contributed by atoms with Crippen molar-refractivity contribution in [2.45, 2.75) is 0 Å². The molecule has 0 spiro atoms. The van der Waals surface area contributed by atoms with Crippen molar-refractivity contribution >= 4 is 23.1 Å². The highest BCUT2D eigenvalue weighted by atomic mass is 19.2. The number of nitrogens with zero attached hydrogens (tertiary/aromatic N) is 1. The monoisotopic (exact) mass is 387 g/mol. The minimum absolute atomic E-state index is 0.129. The van der Waals surface area contributed by atoms with Crippen LogP contribution in [0.4, 0.5) is 30.4 Å². The van der Waals surface area contributed by atoms with Gasteiger partial charge in [-0.3, -0.25) is 4.79 Å². The van der Waals surface area contributed by atoms with Crippen molar-refractivity contribution in [1.82, 2.24) is 4.98 Å². The van der Waals surface area contributed by atoms with Gasteiger partial charge in [0.25, 0.3) is 5.91 Å². The number of ether oxygens (including phenoxy) is 2. The zero-order chi connectivity index (χ0) is 19.7. The first-order valence-electron chi connectivity index (χ1n) is 8.09. The maximum Gasteiger partial charge on any atom is 0.257 e. The van der Waals surface area contributed by atoms with E-state index in [-0.39, 0.29) is 23.9 Å². The second-order valence-electron chi connectivity index (χ2n) is 5.80. The van der Waals surface area contributed by atoms with Crippen molar-refractivity contribution in [2.24, 2.45) is 0 Å². The standard InChI is InChI=1S/C19H12F3N3O3/c20-12-3-4-13(18(22)17(12)21)25-16-6-1-10(8-23-16)19(26)24-11-2-5-14-15(7-11)28-9-27-14/h1-8H,9H2,(H,23,25)(H,24,26). The lowest BCUT2D eigenvalue weighted by Crippen LogP contribution is -2.12. The van der Waals surface area contributed by atoms with Gasteiger partial charge in [0.05, 0.1) is 11.3 Å². The Kier molecular flexibility index (Phi) is 4.48. The van der Waals surface area contributed by atoms with Crippen LogP contribution in [-0.2, 0) is 0 Å². The first-order chi connectivity index (χ1) is 13.5. The van der Waals surface area contributed by atoms with Gasteiger partial charge in [0.2, 0.25) is 6.79 Å². The zero-order valence-corrected chi connectivity index (χ0v) is 14.1. The van der Waals surface area contributed by atoms with Gasteiger partial charge in [0.15, 0.2) is 29.0 Å². The van der Waals surface area contributed by atoms with E-state index in [1.54, 1.807) is 18.2 Å². The fourth-order valence-electron chi connectivity index (χ4n) is 2.54. The molecular weight excluding hydrogens is 375 g/mol. The summed E-state index contributed by atoms with van der Waals surface area (Å²) in [4.78, 5) is 16.3. The number of hydrogen-bond donors (Lipinski definition) is 2. The van der Waals surface area contributed by atoms with Crippen molar-refractivity contribution in [1.29, 1.82) is 0 Å². The number of aromatic nitrogens is 1. The van der Waals surface area contributed by atoms with Gasteiger partial charge in [-0.2, -0.15) is 0 Å². The second kappa shape index (κ2) is 7.10. The first kappa shape index (κ1) is 17.7.